The lowest BCUT2D eigenvalue weighted by atomic mass is 9.96. The average Bonchev–Trinajstić information content (AvgIpc) is 2.83. The molecule has 1 heterocycles. The highest BCUT2D eigenvalue weighted by atomic mass is 32.2. The zero-order valence-electron chi connectivity index (χ0n) is 13.7. The van der Waals surface area contributed by atoms with Crippen LogP contribution >= 0.6 is 11.8 Å². The number of thioether (sulfide) groups is 1. The Hall–Kier alpha value is -1.49. The summed E-state index contributed by atoms with van der Waals surface area (Å²) >= 11 is 1.26. The van der Waals surface area contributed by atoms with E-state index in [1.54, 1.807) is 0 Å². The van der Waals surface area contributed by atoms with Crippen LogP contribution in [0.4, 0.5) is 9.59 Å². The molecule has 1 N–H and O–H groups in total. The largest absolute Gasteiger partial charge is 0.335 e. The Labute approximate surface area is 142 Å². The molecular formula is C18H24N2O2S. The third-order valence-electron chi connectivity index (χ3n) is 4.79. The van der Waals surface area contributed by atoms with Crippen LogP contribution in [0.25, 0.3) is 0 Å². The van der Waals surface area contributed by atoms with E-state index in [-0.39, 0.29) is 28.6 Å². The zero-order valence-corrected chi connectivity index (χ0v) is 14.6. The summed E-state index contributed by atoms with van der Waals surface area (Å²) in [6, 6.07) is 8.06. The van der Waals surface area contributed by atoms with Gasteiger partial charge in [-0.2, -0.15) is 0 Å². The molecule has 1 aromatic rings. The molecule has 4 nitrogen and oxygen atoms in total. The second-order valence-electron chi connectivity index (χ2n) is 6.61. The van der Waals surface area contributed by atoms with Gasteiger partial charge < -0.3 is 5.32 Å². The molecule has 1 aromatic carbocycles. The smallest absolute Gasteiger partial charge is 0.325 e. The Bertz CT molecular complexity index is 598. The van der Waals surface area contributed by atoms with E-state index in [0.717, 1.165) is 31.2 Å². The number of carbonyl (C=O) groups excluding carboxylic acids is 2. The summed E-state index contributed by atoms with van der Waals surface area (Å²) in [5, 5.41) is 2.93. The third kappa shape index (κ3) is 3.55. The average molecular weight is 332 g/mol. The molecular weight excluding hydrogens is 308 g/mol. The molecule has 5 heteroatoms. The van der Waals surface area contributed by atoms with Crippen LogP contribution < -0.4 is 5.32 Å². The summed E-state index contributed by atoms with van der Waals surface area (Å²) in [5.74, 6) is 0. The molecule has 2 aliphatic rings. The second kappa shape index (κ2) is 6.95. The van der Waals surface area contributed by atoms with Gasteiger partial charge in [0.1, 0.15) is 0 Å². The van der Waals surface area contributed by atoms with Crippen molar-refractivity contribution in [3.05, 3.63) is 35.4 Å². The molecule has 0 spiro atoms. The monoisotopic (exact) mass is 332 g/mol. The minimum absolute atomic E-state index is 0.0134. The number of rotatable bonds is 2. The lowest BCUT2D eigenvalue weighted by Gasteiger charge is -2.27. The molecule has 0 bridgehead atoms. The van der Waals surface area contributed by atoms with Gasteiger partial charge in [-0.3, -0.25) is 9.69 Å². The highest BCUT2D eigenvalue weighted by Crippen LogP contribution is 2.43. The van der Waals surface area contributed by atoms with Crippen molar-refractivity contribution >= 4 is 23.0 Å². The van der Waals surface area contributed by atoms with Crippen LogP contribution in [0.3, 0.4) is 0 Å². The Kier molecular flexibility index (Phi) is 4.95. The fraction of sp³-hybridized carbons (Fsp3) is 0.556. The molecule has 0 radical (unpaired) electrons. The molecule has 1 saturated heterocycles. The van der Waals surface area contributed by atoms with Crippen LogP contribution in [0.15, 0.2) is 24.3 Å². The number of nitrogens with one attached hydrogen (secondary N) is 1. The van der Waals surface area contributed by atoms with Crippen molar-refractivity contribution in [1.82, 2.24) is 10.2 Å². The summed E-state index contributed by atoms with van der Waals surface area (Å²) in [6.07, 6.45) is 5.62. The lowest BCUT2D eigenvalue weighted by molar-refractivity contribution is 0.184. The minimum Gasteiger partial charge on any atom is -0.335 e. The van der Waals surface area contributed by atoms with Crippen LogP contribution in [0.5, 0.6) is 0 Å². The first-order chi connectivity index (χ1) is 11.1. The fourth-order valence-electron chi connectivity index (χ4n) is 3.52. The quantitative estimate of drug-likeness (QED) is 0.858. The topological polar surface area (TPSA) is 49.4 Å². The van der Waals surface area contributed by atoms with Gasteiger partial charge in [-0.1, -0.05) is 60.9 Å². The fourth-order valence-corrected chi connectivity index (χ4v) is 4.70. The van der Waals surface area contributed by atoms with E-state index in [1.165, 1.54) is 28.6 Å². The van der Waals surface area contributed by atoms with Crippen molar-refractivity contribution in [3.8, 4) is 0 Å². The van der Waals surface area contributed by atoms with Crippen molar-refractivity contribution < 1.29 is 9.59 Å². The molecule has 1 saturated carbocycles. The molecule has 124 valence electrons. The molecule has 1 aliphatic carbocycles. The van der Waals surface area contributed by atoms with E-state index in [9.17, 15) is 9.59 Å². The van der Waals surface area contributed by atoms with Crippen molar-refractivity contribution in [2.45, 2.75) is 63.3 Å². The molecule has 1 aliphatic heterocycles. The highest BCUT2D eigenvalue weighted by Gasteiger charge is 2.42. The molecule has 3 rings (SSSR count). The van der Waals surface area contributed by atoms with Crippen LogP contribution in [-0.4, -0.2) is 28.3 Å². The summed E-state index contributed by atoms with van der Waals surface area (Å²) < 4.78 is 0. The van der Waals surface area contributed by atoms with Gasteiger partial charge in [0, 0.05) is 6.04 Å². The van der Waals surface area contributed by atoms with Gasteiger partial charge >= 0.3 is 6.03 Å². The summed E-state index contributed by atoms with van der Waals surface area (Å²) in [5.41, 5.74) is 2.29. The molecule has 0 aromatic heterocycles. The maximum absolute atomic E-state index is 12.6. The zero-order chi connectivity index (χ0) is 16.4. The van der Waals surface area contributed by atoms with Gasteiger partial charge in [-0.25, -0.2) is 4.79 Å². The first kappa shape index (κ1) is 16.4. The van der Waals surface area contributed by atoms with E-state index in [1.807, 2.05) is 32.0 Å². The van der Waals surface area contributed by atoms with Gasteiger partial charge in [0.2, 0.25) is 0 Å². The maximum Gasteiger partial charge on any atom is 0.325 e. The van der Waals surface area contributed by atoms with E-state index in [0.29, 0.717) is 0 Å². The van der Waals surface area contributed by atoms with Crippen molar-refractivity contribution in [2.75, 3.05) is 0 Å². The molecule has 23 heavy (non-hydrogen) atoms. The second-order valence-corrected chi connectivity index (χ2v) is 7.71. The van der Waals surface area contributed by atoms with Gasteiger partial charge in [0.05, 0.1) is 11.3 Å². The van der Waals surface area contributed by atoms with Crippen molar-refractivity contribution in [2.24, 2.45) is 0 Å². The van der Waals surface area contributed by atoms with Gasteiger partial charge in [0.25, 0.3) is 5.24 Å². The molecule has 3 amide bonds. The maximum atomic E-state index is 12.6. The Morgan fingerprint density at radius 2 is 2.00 bits per heavy atom. The van der Waals surface area contributed by atoms with Crippen molar-refractivity contribution in [1.29, 1.82) is 0 Å². The van der Waals surface area contributed by atoms with Gasteiger partial charge in [0.15, 0.2) is 0 Å². The molecule has 2 fully saturated rings. The summed E-state index contributed by atoms with van der Waals surface area (Å²) in [4.78, 5) is 26.3. The number of carbonyl (C=O) groups is 2. The van der Waals surface area contributed by atoms with Crippen LogP contribution in [0.2, 0.25) is 0 Å². The number of nitrogens with zero attached hydrogens (tertiary/aromatic N) is 1. The SMILES string of the molecule is Cc1cccc([C@H]2SC(=O)N(C(=O)NC3CCCCC3)[C@@H]2C)c1. The van der Waals surface area contributed by atoms with E-state index >= 15 is 0 Å². The Balaban J connectivity index is 1.70. The van der Waals surface area contributed by atoms with Crippen LogP contribution in [0, 0.1) is 6.92 Å². The lowest BCUT2D eigenvalue weighted by Crippen LogP contribution is -2.48. The van der Waals surface area contributed by atoms with Gasteiger partial charge in [-0.15, -0.1) is 0 Å². The van der Waals surface area contributed by atoms with E-state index in [2.05, 4.69) is 11.4 Å². The van der Waals surface area contributed by atoms with E-state index in [4.69, 9.17) is 0 Å². The minimum atomic E-state index is -0.225. The normalized spacial score (nSPS) is 25.7. The number of amides is 3. The Morgan fingerprint density at radius 1 is 1.26 bits per heavy atom. The number of urea groups is 1. The number of aryl methyl sites for hydroxylation is 1. The first-order valence-electron chi connectivity index (χ1n) is 8.43. The highest BCUT2D eigenvalue weighted by molar-refractivity contribution is 8.14. The third-order valence-corrected chi connectivity index (χ3v) is 6.11. The molecule has 2 atom stereocenters. The number of benzene rings is 1. The number of hydrogen-bond donors (Lipinski definition) is 1. The predicted octanol–water partition coefficient (Wildman–Crippen LogP) is 4.64. The number of hydrogen-bond acceptors (Lipinski definition) is 3. The van der Waals surface area contributed by atoms with Gasteiger partial charge in [-0.05, 0) is 32.3 Å². The standard InChI is InChI=1S/C18H24N2O2S/c1-12-7-6-8-14(11-12)16-13(2)20(18(22)23-16)17(21)19-15-9-4-3-5-10-15/h6-8,11,13,15-16H,3-5,9-10H2,1-2H3,(H,19,21)/t13-,16+/m1/s1. The van der Waals surface area contributed by atoms with Crippen LogP contribution in [-0.2, 0) is 0 Å². The summed E-state index contributed by atoms with van der Waals surface area (Å²) in [7, 11) is 0. The van der Waals surface area contributed by atoms with Crippen LogP contribution in [0.1, 0.15) is 55.4 Å². The summed E-state index contributed by atoms with van der Waals surface area (Å²) in [6.45, 7) is 4.01. The van der Waals surface area contributed by atoms with Crippen molar-refractivity contribution in [3.63, 3.8) is 0 Å². The predicted molar refractivity (Wildman–Crippen MR) is 93.6 cm³/mol. The number of imide groups is 1. The first-order valence-corrected chi connectivity index (χ1v) is 9.31. The van der Waals surface area contributed by atoms with E-state index < -0.39 is 0 Å². The molecule has 0 unspecified atom stereocenters. The Morgan fingerprint density at radius 3 is 2.70 bits per heavy atom.